The molecule has 17 heavy (non-hydrogen) atoms. The third kappa shape index (κ3) is 2.65. The molecule has 2 aromatic rings. The second-order valence-corrected chi connectivity index (χ2v) is 3.80. The molecule has 1 aromatic heterocycles. The zero-order valence-electron chi connectivity index (χ0n) is 9.84. The highest BCUT2D eigenvalue weighted by atomic mass is 16.5. The summed E-state index contributed by atoms with van der Waals surface area (Å²) in [4.78, 5) is 4.02. The predicted octanol–water partition coefficient (Wildman–Crippen LogP) is 1.63. The van der Waals surface area contributed by atoms with Crippen molar-refractivity contribution in [2.75, 3.05) is 7.11 Å². The minimum atomic E-state index is 0.0198. The molecule has 0 unspecified atom stereocenters. The molecule has 0 radical (unpaired) electrons. The van der Waals surface area contributed by atoms with Gasteiger partial charge in [0.1, 0.15) is 5.75 Å². The number of aryl methyl sites for hydroxylation is 2. The fraction of sp³-hybridized carbons (Fsp3) is 0.308. The average Bonchev–Trinajstić information content (AvgIpc) is 2.84. The molecule has 1 heterocycles. The van der Waals surface area contributed by atoms with Gasteiger partial charge in [0, 0.05) is 6.54 Å². The van der Waals surface area contributed by atoms with Crippen molar-refractivity contribution in [3.05, 3.63) is 48.0 Å². The quantitative estimate of drug-likeness (QED) is 0.852. The van der Waals surface area contributed by atoms with Crippen LogP contribution in [0, 0.1) is 0 Å². The highest BCUT2D eigenvalue weighted by molar-refractivity contribution is 5.33. The fourth-order valence-corrected chi connectivity index (χ4v) is 1.83. The molecule has 2 rings (SSSR count). The van der Waals surface area contributed by atoms with Gasteiger partial charge in [0.05, 0.1) is 31.9 Å². The molecule has 0 bridgehead atoms. The number of ether oxygens (including phenoxy) is 1. The van der Waals surface area contributed by atoms with E-state index in [0.717, 1.165) is 30.0 Å². The van der Waals surface area contributed by atoms with Crippen LogP contribution in [0.4, 0.5) is 0 Å². The van der Waals surface area contributed by atoms with Gasteiger partial charge in [-0.05, 0) is 18.1 Å². The van der Waals surface area contributed by atoms with E-state index in [0.29, 0.717) is 0 Å². The van der Waals surface area contributed by atoms with E-state index < -0.39 is 0 Å². The highest BCUT2D eigenvalue weighted by Gasteiger charge is 2.04. The summed E-state index contributed by atoms with van der Waals surface area (Å²) in [5.74, 6) is 0.901. The van der Waals surface area contributed by atoms with Crippen LogP contribution < -0.4 is 4.74 Å². The summed E-state index contributed by atoms with van der Waals surface area (Å²) in [7, 11) is 1.68. The summed E-state index contributed by atoms with van der Waals surface area (Å²) < 4.78 is 7.25. The Kier molecular flexibility index (Phi) is 3.77. The number of imidazole rings is 1. The van der Waals surface area contributed by atoms with Gasteiger partial charge in [-0.25, -0.2) is 4.98 Å². The van der Waals surface area contributed by atoms with Crippen LogP contribution in [0.2, 0.25) is 0 Å². The lowest BCUT2D eigenvalue weighted by Gasteiger charge is -2.09. The molecule has 1 N–H and O–H groups in total. The predicted molar refractivity (Wildman–Crippen MR) is 64.8 cm³/mol. The Bertz CT molecular complexity index is 480. The van der Waals surface area contributed by atoms with E-state index in [1.54, 1.807) is 19.6 Å². The molecular weight excluding hydrogens is 216 g/mol. The van der Waals surface area contributed by atoms with E-state index in [-0.39, 0.29) is 6.61 Å². The van der Waals surface area contributed by atoms with Gasteiger partial charge in [0.15, 0.2) is 0 Å². The number of aliphatic hydroxyl groups is 1. The summed E-state index contributed by atoms with van der Waals surface area (Å²) in [6.07, 6.45) is 4.27. The Balaban J connectivity index is 2.07. The molecular formula is C13H16N2O2. The van der Waals surface area contributed by atoms with Crippen molar-refractivity contribution >= 4 is 0 Å². The normalized spacial score (nSPS) is 10.5. The van der Waals surface area contributed by atoms with Crippen molar-refractivity contribution in [1.82, 2.24) is 9.55 Å². The van der Waals surface area contributed by atoms with Crippen molar-refractivity contribution in [2.24, 2.45) is 0 Å². The second-order valence-electron chi connectivity index (χ2n) is 3.80. The first kappa shape index (κ1) is 11.7. The van der Waals surface area contributed by atoms with Crippen molar-refractivity contribution in [1.29, 1.82) is 0 Å². The van der Waals surface area contributed by atoms with Crippen molar-refractivity contribution in [3.8, 4) is 5.75 Å². The topological polar surface area (TPSA) is 47.3 Å². The third-order valence-corrected chi connectivity index (χ3v) is 2.78. The molecule has 0 saturated heterocycles. The summed E-state index contributed by atoms with van der Waals surface area (Å²) >= 11 is 0. The number of methoxy groups -OCH3 is 1. The van der Waals surface area contributed by atoms with Crippen LogP contribution in [0.5, 0.6) is 5.75 Å². The van der Waals surface area contributed by atoms with E-state index >= 15 is 0 Å². The molecule has 90 valence electrons. The Hall–Kier alpha value is -1.81. The average molecular weight is 232 g/mol. The molecule has 0 spiro atoms. The van der Waals surface area contributed by atoms with E-state index in [1.165, 1.54) is 0 Å². The first-order valence-electron chi connectivity index (χ1n) is 5.57. The van der Waals surface area contributed by atoms with Gasteiger partial charge in [0.2, 0.25) is 0 Å². The molecule has 0 fully saturated rings. The maximum absolute atomic E-state index is 9.12. The first-order valence-corrected chi connectivity index (χ1v) is 5.57. The van der Waals surface area contributed by atoms with E-state index in [2.05, 4.69) is 4.98 Å². The standard InChI is InChI=1S/C13H16N2O2/c1-17-13-5-3-2-4-11(13)6-7-15-10-14-8-12(15)9-16/h2-5,8,10,16H,6-7,9H2,1H3. The number of rotatable bonds is 5. The lowest BCUT2D eigenvalue weighted by Crippen LogP contribution is -2.05. The number of hydrogen-bond acceptors (Lipinski definition) is 3. The monoisotopic (exact) mass is 232 g/mol. The van der Waals surface area contributed by atoms with Crippen molar-refractivity contribution in [3.63, 3.8) is 0 Å². The zero-order valence-corrected chi connectivity index (χ0v) is 9.84. The number of aromatic nitrogens is 2. The van der Waals surface area contributed by atoms with Gasteiger partial charge in [0.25, 0.3) is 0 Å². The van der Waals surface area contributed by atoms with Gasteiger partial charge in [-0.1, -0.05) is 18.2 Å². The SMILES string of the molecule is COc1ccccc1CCn1cncc1CO. The number of para-hydroxylation sites is 1. The minimum absolute atomic E-state index is 0.0198. The number of nitrogens with zero attached hydrogens (tertiary/aromatic N) is 2. The Morgan fingerprint density at radius 3 is 2.94 bits per heavy atom. The maximum atomic E-state index is 9.12. The molecule has 0 atom stereocenters. The number of hydrogen-bond donors (Lipinski definition) is 1. The number of aliphatic hydroxyl groups excluding tert-OH is 1. The van der Waals surface area contributed by atoms with Crippen LogP contribution in [-0.2, 0) is 19.6 Å². The molecule has 0 aliphatic rings. The molecule has 0 aliphatic heterocycles. The second kappa shape index (κ2) is 5.50. The Labute approximate surface area is 100 Å². The summed E-state index contributed by atoms with van der Waals surface area (Å²) in [6.45, 7) is 0.808. The van der Waals surface area contributed by atoms with Crippen LogP contribution in [0.15, 0.2) is 36.8 Å². The summed E-state index contributed by atoms with van der Waals surface area (Å²) in [6, 6.07) is 7.96. The van der Waals surface area contributed by atoms with Crippen molar-refractivity contribution in [2.45, 2.75) is 19.6 Å². The summed E-state index contributed by atoms with van der Waals surface area (Å²) in [5.41, 5.74) is 1.99. The van der Waals surface area contributed by atoms with Crippen LogP contribution in [-0.4, -0.2) is 21.8 Å². The van der Waals surface area contributed by atoms with Crippen LogP contribution >= 0.6 is 0 Å². The molecule has 4 heteroatoms. The largest absolute Gasteiger partial charge is 0.496 e. The van der Waals surface area contributed by atoms with E-state index in [9.17, 15) is 0 Å². The van der Waals surface area contributed by atoms with Gasteiger partial charge >= 0.3 is 0 Å². The van der Waals surface area contributed by atoms with Crippen LogP contribution in [0.1, 0.15) is 11.3 Å². The van der Waals surface area contributed by atoms with Crippen LogP contribution in [0.25, 0.3) is 0 Å². The van der Waals surface area contributed by atoms with Crippen LogP contribution in [0.3, 0.4) is 0 Å². The highest BCUT2D eigenvalue weighted by Crippen LogP contribution is 2.18. The molecule has 1 aromatic carbocycles. The van der Waals surface area contributed by atoms with Gasteiger partial charge in [-0.3, -0.25) is 0 Å². The smallest absolute Gasteiger partial charge is 0.122 e. The van der Waals surface area contributed by atoms with E-state index in [1.807, 2.05) is 28.8 Å². The lowest BCUT2D eigenvalue weighted by molar-refractivity contribution is 0.270. The van der Waals surface area contributed by atoms with Crippen molar-refractivity contribution < 1.29 is 9.84 Å². The maximum Gasteiger partial charge on any atom is 0.122 e. The lowest BCUT2D eigenvalue weighted by atomic mass is 10.1. The Morgan fingerprint density at radius 1 is 1.35 bits per heavy atom. The number of benzene rings is 1. The van der Waals surface area contributed by atoms with Gasteiger partial charge in [-0.15, -0.1) is 0 Å². The Morgan fingerprint density at radius 2 is 2.18 bits per heavy atom. The summed E-state index contributed by atoms with van der Waals surface area (Å²) in [5, 5.41) is 9.12. The van der Waals surface area contributed by atoms with Gasteiger partial charge in [-0.2, -0.15) is 0 Å². The first-order chi connectivity index (χ1) is 8.35. The fourth-order valence-electron chi connectivity index (χ4n) is 1.83. The molecule has 0 amide bonds. The molecule has 4 nitrogen and oxygen atoms in total. The minimum Gasteiger partial charge on any atom is -0.496 e. The molecule has 0 saturated carbocycles. The van der Waals surface area contributed by atoms with Gasteiger partial charge < -0.3 is 14.4 Å². The zero-order chi connectivity index (χ0) is 12.1. The third-order valence-electron chi connectivity index (χ3n) is 2.78. The van der Waals surface area contributed by atoms with E-state index in [4.69, 9.17) is 9.84 Å². The molecule has 0 aliphatic carbocycles.